The molecule has 0 amide bonds. The van der Waals surface area contributed by atoms with Crippen molar-refractivity contribution in [2.75, 3.05) is 25.5 Å². The van der Waals surface area contributed by atoms with Gasteiger partial charge in [0.15, 0.2) is 0 Å². The molecule has 2 heterocycles. The summed E-state index contributed by atoms with van der Waals surface area (Å²) in [7, 11) is 4.12. The molecule has 2 aromatic rings. The Balaban J connectivity index is 1.98. The van der Waals surface area contributed by atoms with Crippen LogP contribution in [0.2, 0.25) is 0 Å². The highest BCUT2D eigenvalue weighted by Crippen LogP contribution is 2.26. The van der Waals surface area contributed by atoms with Crippen LogP contribution in [0.1, 0.15) is 24.6 Å². The van der Waals surface area contributed by atoms with Crippen LogP contribution in [-0.2, 0) is 0 Å². The quantitative estimate of drug-likeness (QED) is 0.915. The summed E-state index contributed by atoms with van der Waals surface area (Å²) in [5.74, 6) is 0. The summed E-state index contributed by atoms with van der Waals surface area (Å²) in [6.45, 7) is 1.10. The van der Waals surface area contributed by atoms with Gasteiger partial charge < -0.3 is 14.8 Å². The Kier molecular flexibility index (Phi) is 3.25. The number of nitrogens with one attached hydrogen (secondary N) is 1. The molecule has 1 aliphatic rings. The monoisotopic (exact) mass is 256 g/mol. The highest BCUT2D eigenvalue weighted by molar-refractivity contribution is 5.52. The van der Waals surface area contributed by atoms with Gasteiger partial charge in [0.1, 0.15) is 0 Å². The van der Waals surface area contributed by atoms with Gasteiger partial charge in [0.05, 0.1) is 18.2 Å². The third-order valence-corrected chi connectivity index (χ3v) is 3.71. The molecule has 0 spiro atoms. The molecule has 19 heavy (non-hydrogen) atoms. The summed E-state index contributed by atoms with van der Waals surface area (Å²) < 4.78 is 2.19. The summed E-state index contributed by atoms with van der Waals surface area (Å²) in [5, 5.41) is 3.54. The molecule has 1 fully saturated rings. The first-order valence-corrected chi connectivity index (χ1v) is 6.79. The van der Waals surface area contributed by atoms with Crippen molar-refractivity contribution in [3.8, 4) is 5.69 Å². The van der Waals surface area contributed by atoms with Gasteiger partial charge >= 0.3 is 0 Å². The Hall–Kier alpha value is -1.81. The number of rotatable bonds is 3. The zero-order valence-corrected chi connectivity index (χ0v) is 11.5. The van der Waals surface area contributed by atoms with Gasteiger partial charge in [-0.05, 0) is 37.6 Å². The van der Waals surface area contributed by atoms with E-state index >= 15 is 0 Å². The Morgan fingerprint density at radius 3 is 3.00 bits per heavy atom. The van der Waals surface area contributed by atoms with Gasteiger partial charge in [-0.2, -0.15) is 0 Å². The second kappa shape index (κ2) is 5.05. The topological polar surface area (TPSA) is 33.1 Å². The lowest BCUT2D eigenvalue weighted by atomic mass is 10.1. The normalized spacial score (nSPS) is 18.7. The van der Waals surface area contributed by atoms with E-state index in [4.69, 9.17) is 0 Å². The third kappa shape index (κ3) is 2.36. The molecule has 0 saturated carbocycles. The van der Waals surface area contributed by atoms with Gasteiger partial charge in [0.25, 0.3) is 0 Å². The molecule has 0 aliphatic carbocycles. The van der Waals surface area contributed by atoms with Crippen LogP contribution in [-0.4, -0.2) is 30.2 Å². The number of anilines is 1. The number of benzene rings is 1. The zero-order valence-electron chi connectivity index (χ0n) is 11.5. The maximum atomic E-state index is 4.33. The third-order valence-electron chi connectivity index (χ3n) is 3.71. The van der Waals surface area contributed by atoms with Crippen molar-refractivity contribution in [1.82, 2.24) is 14.9 Å². The molecule has 0 radical (unpaired) electrons. The summed E-state index contributed by atoms with van der Waals surface area (Å²) in [6, 6.07) is 8.98. The van der Waals surface area contributed by atoms with Crippen molar-refractivity contribution in [3.63, 3.8) is 0 Å². The first kappa shape index (κ1) is 12.2. The lowest BCUT2D eigenvalue weighted by Crippen LogP contribution is -2.16. The average molecular weight is 256 g/mol. The van der Waals surface area contributed by atoms with E-state index in [1.54, 1.807) is 0 Å². The molecule has 0 bridgehead atoms. The summed E-state index contributed by atoms with van der Waals surface area (Å²) >= 11 is 0. The van der Waals surface area contributed by atoms with Crippen LogP contribution in [0.4, 0.5) is 5.69 Å². The second-order valence-corrected chi connectivity index (χ2v) is 5.25. The fourth-order valence-corrected chi connectivity index (χ4v) is 2.64. The van der Waals surface area contributed by atoms with Crippen molar-refractivity contribution < 1.29 is 0 Å². The predicted molar refractivity (Wildman–Crippen MR) is 77.9 cm³/mol. The van der Waals surface area contributed by atoms with Gasteiger partial charge in [0.2, 0.25) is 0 Å². The SMILES string of the molecule is CN(C)c1cccc(-n2cncc2C2CCCN2)c1. The smallest absolute Gasteiger partial charge is 0.0994 e. The highest BCUT2D eigenvalue weighted by Gasteiger charge is 2.20. The molecule has 1 unspecified atom stereocenters. The van der Waals surface area contributed by atoms with Crippen LogP contribution in [0.3, 0.4) is 0 Å². The van der Waals surface area contributed by atoms with Crippen molar-refractivity contribution in [2.45, 2.75) is 18.9 Å². The van der Waals surface area contributed by atoms with E-state index in [-0.39, 0.29) is 0 Å². The fourth-order valence-electron chi connectivity index (χ4n) is 2.64. The van der Waals surface area contributed by atoms with Crippen LogP contribution in [0.25, 0.3) is 5.69 Å². The predicted octanol–water partition coefficient (Wildman–Crippen LogP) is 2.36. The van der Waals surface area contributed by atoms with Crippen molar-refractivity contribution in [3.05, 3.63) is 42.5 Å². The largest absolute Gasteiger partial charge is 0.378 e. The van der Waals surface area contributed by atoms with Crippen LogP contribution in [0.15, 0.2) is 36.8 Å². The zero-order chi connectivity index (χ0) is 13.2. The molecule has 1 aromatic heterocycles. The standard InChI is InChI=1S/C15H20N4/c1-18(2)12-5-3-6-13(9-12)19-11-16-10-15(19)14-7-4-8-17-14/h3,5-6,9-11,14,17H,4,7-8H2,1-2H3. The molecule has 1 atom stereocenters. The molecule has 4 nitrogen and oxygen atoms in total. The molecule has 4 heteroatoms. The molecule has 1 aliphatic heterocycles. The second-order valence-electron chi connectivity index (χ2n) is 5.25. The van der Waals surface area contributed by atoms with Crippen molar-refractivity contribution in [1.29, 1.82) is 0 Å². The van der Waals surface area contributed by atoms with E-state index in [1.807, 2.05) is 12.5 Å². The van der Waals surface area contributed by atoms with E-state index in [0.717, 1.165) is 6.54 Å². The van der Waals surface area contributed by atoms with E-state index in [2.05, 4.69) is 58.1 Å². The minimum absolute atomic E-state index is 0.436. The van der Waals surface area contributed by atoms with E-state index in [9.17, 15) is 0 Å². The first-order valence-electron chi connectivity index (χ1n) is 6.79. The Bertz CT molecular complexity index is 553. The molecule has 100 valence electrons. The average Bonchev–Trinajstić information content (AvgIpc) is 3.09. The molecular formula is C15H20N4. The highest BCUT2D eigenvalue weighted by atomic mass is 15.1. The van der Waals surface area contributed by atoms with Gasteiger partial charge in [-0.3, -0.25) is 0 Å². The maximum absolute atomic E-state index is 4.33. The van der Waals surface area contributed by atoms with Gasteiger partial charge in [-0.15, -0.1) is 0 Å². The number of imidazole rings is 1. The molecular weight excluding hydrogens is 236 g/mol. The van der Waals surface area contributed by atoms with Crippen LogP contribution in [0.5, 0.6) is 0 Å². The number of hydrogen-bond acceptors (Lipinski definition) is 3. The van der Waals surface area contributed by atoms with Crippen LogP contribution < -0.4 is 10.2 Å². The molecule has 3 rings (SSSR count). The summed E-state index contributed by atoms with van der Waals surface area (Å²) in [5.41, 5.74) is 3.64. The lowest BCUT2D eigenvalue weighted by Gasteiger charge is -2.17. The van der Waals surface area contributed by atoms with E-state index in [1.165, 1.54) is 29.9 Å². The van der Waals surface area contributed by atoms with Crippen molar-refractivity contribution in [2.24, 2.45) is 0 Å². The van der Waals surface area contributed by atoms with E-state index in [0.29, 0.717) is 6.04 Å². The Labute approximate surface area is 114 Å². The van der Waals surface area contributed by atoms with Gasteiger partial charge in [-0.25, -0.2) is 4.98 Å². The minimum Gasteiger partial charge on any atom is -0.378 e. The first-order chi connectivity index (χ1) is 9.25. The number of hydrogen-bond donors (Lipinski definition) is 1. The number of aromatic nitrogens is 2. The molecule has 1 saturated heterocycles. The maximum Gasteiger partial charge on any atom is 0.0994 e. The van der Waals surface area contributed by atoms with Gasteiger partial charge in [0, 0.05) is 31.5 Å². The number of nitrogens with zero attached hydrogens (tertiary/aromatic N) is 3. The Morgan fingerprint density at radius 1 is 1.37 bits per heavy atom. The minimum atomic E-state index is 0.436. The van der Waals surface area contributed by atoms with Crippen LogP contribution in [0, 0.1) is 0 Å². The Morgan fingerprint density at radius 2 is 2.26 bits per heavy atom. The fraction of sp³-hybridized carbons (Fsp3) is 0.400. The van der Waals surface area contributed by atoms with Crippen molar-refractivity contribution >= 4 is 5.69 Å². The van der Waals surface area contributed by atoms with Gasteiger partial charge in [-0.1, -0.05) is 6.07 Å². The van der Waals surface area contributed by atoms with E-state index < -0.39 is 0 Å². The summed E-state index contributed by atoms with van der Waals surface area (Å²) in [4.78, 5) is 6.45. The lowest BCUT2D eigenvalue weighted by molar-refractivity contribution is 0.615. The summed E-state index contributed by atoms with van der Waals surface area (Å²) in [6.07, 6.45) is 6.32. The van der Waals surface area contributed by atoms with Crippen LogP contribution >= 0.6 is 0 Å². The molecule has 1 N–H and O–H groups in total. The molecule has 1 aromatic carbocycles.